The first-order chi connectivity index (χ1) is 8.74. The lowest BCUT2D eigenvalue weighted by Gasteiger charge is -2.26. The Balaban J connectivity index is 1.66. The summed E-state index contributed by atoms with van der Waals surface area (Å²) in [4.78, 5) is 5.62. The summed E-state index contributed by atoms with van der Waals surface area (Å²) in [7, 11) is 0. The van der Waals surface area contributed by atoms with Crippen LogP contribution in [-0.2, 0) is 6.54 Å². The predicted molar refractivity (Wildman–Crippen MR) is 72.9 cm³/mol. The van der Waals surface area contributed by atoms with Crippen LogP contribution in [0.15, 0.2) is 11.6 Å². The Kier molecular flexibility index (Phi) is 3.37. The summed E-state index contributed by atoms with van der Waals surface area (Å²) in [6, 6.07) is 0.539. The van der Waals surface area contributed by atoms with Crippen LogP contribution < -0.4 is 5.32 Å². The Bertz CT molecular complexity index is 525. The Labute approximate surface area is 111 Å². The monoisotopic (exact) mass is 265 g/mol. The molecule has 1 aliphatic carbocycles. The zero-order chi connectivity index (χ0) is 12.5. The van der Waals surface area contributed by atoms with Crippen molar-refractivity contribution in [3.05, 3.63) is 23.0 Å². The lowest BCUT2D eigenvalue weighted by molar-refractivity contribution is 0.116. The normalized spacial score (nSPS) is 24.8. The van der Waals surface area contributed by atoms with Crippen LogP contribution in [0, 0.1) is 6.92 Å². The SMILES string of the molecule is Cc1nc2sccn2c1CNC1CCC(O)CC1. The number of nitrogens with zero attached hydrogens (tertiary/aromatic N) is 2. The lowest BCUT2D eigenvalue weighted by Crippen LogP contribution is -2.34. The second-order valence-corrected chi connectivity index (χ2v) is 5.96. The predicted octanol–water partition coefficient (Wildman–Crippen LogP) is 2.10. The number of hydrogen-bond donors (Lipinski definition) is 2. The largest absolute Gasteiger partial charge is 0.393 e. The maximum atomic E-state index is 9.50. The third kappa shape index (κ3) is 2.30. The zero-order valence-corrected chi connectivity index (χ0v) is 11.4. The average Bonchev–Trinajstić information content (AvgIpc) is 2.90. The molecule has 1 saturated carbocycles. The maximum absolute atomic E-state index is 9.50. The van der Waals surface area contributed by atoms with Crippen LogP contribution in [0.25, 0.3) is 4.96 Å². The molecule has 2 N–H and O–H groups in total. The highest BCUT2D eigenvalue weighted by Crippen LogP contribution is 2.20. The van der Waals surface area contributed by atoms with Gasteiger partial charge in [0.25, 0.3) is 0 Å². The molecule has 5 heteroatoms. The third-order valence-electron chi connectivity index (χ3n) is 3.82. The molecule has 0 amide bonds. The molecule has 1 aliphatic rings. The van der Waals surface area contributed by atoms with Gasteiger partial charge in [0.05, 0.1) is 17.5 Å². The number of fused-ring (bicyclic) bond motifs is 1. The molecule has 0 bridgehead atoms. The molecule has 0 spiro atoms. The van der Waals surface area contributed by atoms with E-state index < -0.39 is 0 Å². The summed E-state index contributed by atoms with van der Waals surface area (Å²) in [6.07, 6.45) is 6.01. The first-order valence-corrected chi connectivity index (χ1v) is 7.44. The number of rotatable bonds is 3. The molecule has 2 heterocycles. The molecule has 0 aliphatic heterocycles. The molecule has 3 rings (SSSR count). The van der Waals surface area contributed by atoms with Gasteiger partial charge in [0.15, 0.2) is 4.96 Å². The summed E-state index contributed by atoms with van der Waals surface area (Å²) in [5.74, 6) is 0. The second-order valence-electron chi connectivity index (χ2n) is 5.09. The van der Waals surface area contributed by atoms with E-state index in [1.807, 2.05) is 0 Å². The molecule has 98 valence electrons. The molecule has 2 aromatic rings. The van der Waals surface area contributed by atoms with Crippen LogP contribution in [0.1, 0.15) is 37.1 Å². The Morgan fingerprint density at radius 2 is 2.22 bits per heavy atom. The Hall–Kier alpha value is -0.910. The summed E-state index contributed by atoms with van der Waals surface area (Å²) < 4.78 is 2.17. The van der Waals surface area contributed by atoms with Gasteiger partial charge in [-0.2, -0.15) is 0 Å². The van der Waals surface area contributed by atoms with Gasteiger partial charge in [0.2, 0.25) is 0 Å². The van der Waals surface area contributed by atoms with Gasteiger partial charge in [0.1, 0.15) is 0 Å². The highest BCUT2D eigenvalue weighted by atomic mass is 32.1. The number of aliphatic hydroxyl groups excluding tert-OH is 1. The van der Waals surface area contributed by atoms with E-state index in [4.69, 9.17) is 0 Å². The Morgan fingerprint density at radius 3 is 3.00 bits per heavy atom. The number of nitrogens with one attached hydrogen (secondary N) is 1. The number of aliphatic hydroxyl groups is 1. The summed E-state index contributed by atoms with van der Waals surface area (Å²) in [5, 5.41) is 15.2. The highest BCUT2D eigenvalue weighted by molar-refractivity contribution is 7.15. The molecule has 4 nitrogen and oxygen atoms in total. The number of aromatic nitrogens is 2. The van der Waals surface area contributed by atoms with Gasteiger partial charge >= 0.3 is 0 Å². The molecule has 0 aromatic carbocycles. The smallest absolute Gasteiger partial charge is 0.194 e. The van der Waals surface area contributed by atoms with Crippen LogP contribution in [-0.4, -0.2) is 26.6 Å². The zero-order valence-electron chi connectivity index (χ0n) is 10.6. The van der Waals surface area contributed by atoms with E-state index in [9.17, 15) is 5.11 Å². The van der Waals surface area contributed by atoms with E-state index in [0.717, 1.165) is 42.9 Å². The van der Waals surface area contributed by atoms with E-state index in [0.29, 0.717) is 6.04 Å². The fourth-order valence-corrected chi connectivity index (χ4v) is 3.45. The quantitative estimate of drug-likeness (QED) is 0.893. The van der Waals surface area contributed by atoms with Crippen molar-refractivity contribution in [1.29, 1.82) is 0 Å². The third-order valence-corrected chi connectivity index (χ3v) is 4.57. The highest BCUT2D eigenvalue weighted by Gasteiger charge is 2.19. The minimum Gasteiger partial charge on any atom is -0.393 e. The van der Waals surface area contributed by atoms with Crippen molar-refractivity contribution in [3.8, 4) is 0 Å². The van der Waals surface area contributed by atoms with E-state index in [2.05, 4.69) is 33.2 Å². The molecular formula is C13H19N3OS. The van der Waals surface area contributed by atoms with Crippen molar-refractivity contribution in [1.82, 2.24) is 14.7 Å². The van der Waals surface area contributed by atoms with Crippen LogP contribution >= 0.6 is 11.3 Å². The fraction of sp³-hybridized carbons (Fsp3) is 0.615. The van der Waals surface area contributed by atoms with Gasteiger partial charge in [-0.05, 0) is 32.6 Å². The molecule has 2 aromatic heterocycles. The Morgan fingerprint density at radius 1 is 1.44 bits per heavy atom. The lowest BCUT2D eigenvalue weighted by atomic mass is 9.93. The minimum absolute atomic E-state index is 0.0802. The van der Waals surface area contributed by atoms with E-state index >= 15 is 0 Å². The van der Waals surface area contributed by atoms with Gasteiger partial charge in [-0.15, -0.1) is 11.3 Å². The van der Waals surface area contributed by atoms with Gasteiger partial charge < -0.3 is 10.4 Å². The van der Waals surface area contributed by atoms with Crippen LogP contribution in [0.4, 0.5) is 0 Å². The van der Waals surface area contributed by atoms with E-state index in [1.165, 1.54) is 5.69 Å². The first-order valence-electron chi connectivity index (χ1n) is 6.56. The second kappa shape index (κ2) is 4.99. The average molecular weight is 265 g/mol. The van der Waals surface area contributed by atoms with Crippen molar-refractivity contribution in [2.45, 2.75) is 51.3 Å². The molecular weight excluding hydrogens is 246 g/mol. The van der Waals surface area contributed by atoms with Gasteiger partial charge in [-0.25, -0.2) is 4.98 Å². The molecule has 0 atom stereocenters. The van der Waals surface area contributed by atoms with Gasteiger partial charge in [-0.3, -0.25) is 4.40 Å². The number of hydrogen-bond acceptors (Lipinski definition) is 4. The molecule has 18 heavy (non-hydrogen) atoms. The maximum Gasteiger partial charge on any atom is 0.194 e. The molecule has 0 saturated heterocycles. The van der Waals surface area contributed by atoms with E-state index in [1.54, 1.807) is 11.3 Å². The minimum atomic E-state index is -0.0802. The van der Waals surface area contributed by atoms with Crippen molar-refractivity contribution in [2.24, 2.45) is 0 Å². The van der Waals surface area contributed by atoms with Crippen molar-refractivity contribution < 1.29 is 5.11 Å². The fourth-order valence-electron chi connectivity index (χ4n) is 2.67. The van der Waals surface area contributed by atoms with Crippen molar-refractivity contribution in [3.63, 3.8) is 0 Å². The van der Waals surface area contributed by atoms with E-state index in [-0.39, 0.29) is 6.10 Å². The number of imidazole rings is 1. The summed E-state index contributed by atoms with van der Waals surface area (Å²) in [5.41, 5.74) is 2.38. The van der Waals surface area contributed by atoms with Crippen molar-refractivity contribution in [2.75, 3.05) is 0 Å². The molecule has 0 radical (unpaired) electrons. The molecule has 1 fully saturated rings. The van der Waals surface area contributed by atoms with Crippen molar-refractivity contribution >= 4 is 16.3 Å². The summed E-state index contributed by atoms with van der Waals surface area (Å²) >= 11 is 1.68. The number of aryl methyl sites for hydroxylation is 1. The van der Waals surface area contributed by atoms with Crippen LogP contribution in [0.2, 0.25) is 0 Å². The summed E-state index contributed by atoms with van der Waals surface area (Å²) in [6.45, 7) is 2.94. The number of thiazole rings is 1. The standard InChI is InChI=1S/C13H19N3OS/c1-9-12(16-6-7-18-13(16)15-9)8-14-10-2-4-11(17)5-3-10/h6-7,10-11,14,17H,2-5,8H2,1H3. The van der Waals surface area contributed by atoms with Gasteiger partial charge in [0, 0.05) is 24.2 Å². The first kappa shape index (κ1) is 12.1. The van der Waals surface area contributed by atoms with Gasteiger partial charge in [-0.1, -0.05) is 0 Å². The molecule has 0 unspecified atom stereocenters. The van der Waals surface area contributed by atoms with Crippen LogP contribution in [0.5, 0.6) is 0 Å². The van der Waals surface area contributed by atoms with Crippen LogP contribution in [0.3, 0.4) is 0 Å². The topological polar surface area (TPSA) is 49.6 Å².